The summed E-state index contributed by atoms with van der Waals surface area (Å²) in [6.45, 7) is 0. The van der Waals surface area contributed by atoms with E-state index in [1.165, 1.54) is 16.7 Å². The summed E-state index contributed by atoms with van der Waals surface area (Å²) < 4.78 is 5.74. The van der Waals surface area contributed by atoms with Crippen LogP contribution in [0.2, 0.25) is 0 Å². The zero-order chi connectivity index (χ0) is 16.4. The number of anilines is 1. The molecule has 1 saturated heterocycles. The summed E-state index contributed by atoms with van der Waals surface area (Å²) in [5.74, 6) is 0.468. The Labute approximate surface area is 143 Å². The number of phenols is 1. The number of ether oxygens (including phenoxy) is 1. The van der Waals surface area contributed by atoms with Crippen LogP contribution in [-0.2, 0) is 4.79 Å². The molecule has 4 nitrogen and oxygen atoms in total. The highest BCUT2D eigenvalue weighted by Crippen LogP contribution is 2.40. The molecule has 1 aliphatic heterocycles. The molecule has 116 valence electrons. The van der Waals surface area contributed by atoms with E-state index < -0.39 is 0 Å². The number of rotatable bonds is 3. The number of para-hydroxylation sites is 3. The maximum atomic E-state index is 12.7. The fourth-order valence-electron chi connectivity index (χ4n) is 2.24. The first-order valence-electron chi connectivity index (χ1n) is 6.81. The molecule has 3 rings (SSSR count). The minimum absolute atomic E-state index is 0.120. The Balaban J connectivity index is 1.99. The Morgan fingerprint density at radius 1 is 1.17 bits per heavy atom. The van der Waals surface area contributed by atoms with Gasteiger partial charge in [0.15, 0.2) is 4.32 Å². The Bertz CT molecular complexity index is 817. The number of thioether (sulfide) groups is 1. The molecule has 6 heteroatoms. The lowest BCUT2D eigenvalue weighted by atomic mass is 10.2. The van der Waals surface area contributed by atoms with Crippen LogP contribution in [0.5, 0.6) is 11.5 Å². The van der Waals surface area contributed by atoms with Crippen molar-refractivity contribution in [3.05, 3.63) is 59.0 Å². The van der Waals surface area contributed by atoms with Crippen molar-refractivity contribution in [1.29, 1.82) is 0 Å². The number of nitrogens with zero attached hydrogens (tertiary/aromatic N) is 1. The molecular formula is C17H13NO3S2. The Morgan fingerprint density at radius 2 is 1.87 bits per heavy atom. The number of benzene rings is 2. The number of thiocarbonyl (C=S) groups is 1. The van der Waals surface area contributed by atoms with E-state index >= 15 is 0 Å². The van der Waals surface area contributed by atoms with Crippen LogP contribution in [0, 0.1) is 0 Å². The molecule has 2 aromatic carbocycles. The molecular weight excluding hydrogens is 330 g/mol. The molecule has 0 aliphatic carbocycles. The van der Waals surface area contributed by atoms with Crippen LogP contribution in [0.15, 0.2) is 53.4 Å². The number of aromatic hydroxyl groups is 1. The third-order valence-corrected chi connectivity index (χ3v) is 4.65. The van der Waals surface area contributed by atoms with Gasteiger partial charge in [0.2, 0.25) is 0 Å². The summed E-state index contributed by atoms with van der Waals surface area (Å²) in [5.41, 5.74) is 1.19. The first-order valence-corrected chi connectivity index (χ1v) is 8.03. The number of methoxy groups -OCH3 is 1. The van der Waals surface area contributed by atoms with Gasteiger partial charge < -0.3 is 9.84 Å². The lowest BCUT2D eigenvalue weighted by Gasteiger charge is -2.17. The first kappa shape index (κ1) is 15.6. The van der Waals surface area contributed by atoms with E-state index in [1.54, 1.807) is 49.6 Å². The highest BCUT2D eigenvalue weighted by Gasteiger charge is 2.34. The molecule has 0 unspecified atom stereocenters. The van der Waals surface area contributed by atoms with Crippen molar-refractivity contribution in [2.45, 2.75) is 0 Å². The second-order valence-corrected chi connectivity index (χ2v) is 6.42. The maximum Gasteiger partial charge on any atom is 0.270 e. The molecule has 1 fully saturated rings. The van der Waals surface area contributed by atoms with Crippen molar-refractivity contribution >= 4 is 46.0 Å². The van der Waals surface area contributed by atoms with Gasteiger partial charge in [-0.05, 0) is 24.3 Å². The number of hydrogen-bond donors (Lipinski definition) is 1. The summed E-state index contributed by atoms with van der Waals surface area (Å²) in [6.07, 6.45) is 1.64. The SMILES string of the molecule is COc1ccccc1N1C(=O)/C(=C/c2ccccc2O)SC1=S. The van der Waals surface area contributed by atoms with Crippen molar-refractivity contribution in [1.82, 2.24) is 0 Å². The average Bonchev–Trinajstić information content (AvgIpc) is 2.83. The highest BCUT2D eigenvalue weighted by atomic mass is 32.2. The molecule has 0 radical (unpaired) electrons. The molecule has 1 heterocycles. The van der Waals surface area contributed by atoms with E-state index in [1.807, 2.05) is 12.1 Å². The molecule has 0 aromatic heterocycles. The third kappa shape index (κ3) is 2.95. The van der Waals surface area contributed by atoms with Crippen molar-refractivity contribution in [2.75, 3.05) is 12.0 Å². The van der Waals surface area contributed by atoms with Gasteiger partial charge in [-0.1, -0.05) is 54.3 Å². The topological polar surface area (TPSA) is 49.8 Å². The average molecular weight is 343 g/mol. The van der Waals surface area contributed by atoms with Gasteiger partial charge in [-0.25, -0.2) is 0 Å². The van der Waals surface area contributed by atoms with E-state index in [2.05, 4.69) is 0 Å². The summed E-state index contributed by atoms with van der Waals surface area (Å²) >= 11 is 6.54. The zero-order valence-electron chi connectivity index (χ0n) is 12.2. The van der Waals surface area contributed by atoms with Gasteiger partial charge in [0.1, 0.15) is 11.5 Å². The zero-order valence-corrected chi connectivity index (χ0v) is 13.9. The monoisotopic (exact) mass is 343 g/mol. The van der Waals surface area contributed by atoms with Crippen LogP contribution in [0.25, 0.3) is 6.08 Å². The molecule has 2 aromatic rings. The minimum Gasteiger partial charge on any atom is -0.507 e. The highest BCUT2D eigenvalue weighted by molar-refractivity contribution is 8.27. The molecule has 1 aliphatic rings. The summed E-state index contributed by atoms with van der Waals surface area (Å²) in [6, 6.07) is 14.1. The molecule has 1 N–H and O–H groups in total. The molecule has 0 atom stereocenters. The smallest absolute Gasteiger partial charge is 0.270 e. The standard InChI is InChI=1S/C17H13NO3S2/c1-21-14-9-5-3-7-12(14)18-16(20)15(23-17(18)22)10-11-6-2-4-8-13(11)19/h2-10,19H,1H3/b15-10-. The normalized spacial score (nSPS) is 16.2. The lowest BCUT2D eigenvalue weighted by Crippen LogP contribution is -2.27. The van der Waals surface area contributed by atoms with Gasteiger partial charge in [0, 0.05) is 5.56 Å². The summed E-state index contributed by atoms with van der Waals surface area (Å²) in [5, 5.41) is 9.86. The van der Waals surface area contributed by atoms with E-state index in [-0.39, 0.29) is 11.7 Å². The van der Waals surface area contributed by atoms with E-state index in [0.717, 1.165) is 0 Å². The van der Waals surface area contributed by atoms with Gasteiger partial charge >= 0.3 is 0 Å². The number of carbonyl (C=O) groups is 1. The van der Waals surface area contributed by atoms with Crippen molar-refractivity contribution in [2.24, 2.45) is 0 Å². The fourth-order valence-corrected chi connectivity index (χ4v) is 3.52. The summed E-state index contributed by atoms with van der Waals surface area (Å²) in [7, 11) is 1.55. The number of amides is 1. The Morgan fingerprint density at radius 3 is 2.61 bits per heavy atom. The van der Waals surface area contributed by atoms with Crippen molar-refractivity contribution in [3.8, 4) is 11.5 Å². The van der Waals surface area contributed by atoms with Gasteiger partial charge in [0.25, 0.3) is 5.91 Å². The van der Waals surface area contributed by atoms with E-state index in [9.17, 15) is 9.90 Å². The predicted molar refractivity (Wildman–Crippen MR) is 96.8 cm³/mol. The summed E-state index contributed by atoms with van der Waals surface area (Å²) in [4.78, 5) is 14.6. The molecule has 1 amide bonds. The molecule has 0 bridgehead atoms. The van der Waals surface area contributed by atoms with Gasteiger partial charge in [-0.15, -0.1) is 0 Å². The predicted octanol–water partition coefficient (Wildman–Crippen LogP) is 3.81. The van der Waals surface area contributed by atoms with E-state index in [4.69, 9.17) is 17.0 Å². The van der Waals surface area contributed by atoms with Crippen LogP contribution < -0.4 is 9.64 Å². The molecule has 23 heavy (non-hydrogen) atoms. The minimum atomic E-state index is -0.229. The van der Waals surface area contributed by atoms with Crippen LogP contribution in [0.3, 0.4) is 0 Å². The van der Waals surface area contributed by atoms with E-state index in [0.29, 0.717) is 26.2 Å². The first-order chi connectivity index (χ1) is 11.1. The molecule has 0 saturated carbocycles. The lowest BCUT2D eigenvalue weighted by molar-refractivity contribution is -0.113. The van der Waals surface area contributed by atoms with Crippen LogP contribution in [-0.4, -0.2) is 22.4 Å². The third-order valence-electron chi connectivity index (χ3n) is 3.34. The van der Waals surface area contributed by atoms with Crippen LogP contribution >= 0.6 is 24.0 Å². The van der Waals surface area contributed by atoms with Crippen LogP contribution in [0.1, 0.15) is 5.56 Å². The van der Waals surface area contributed by atoms with Crippen molar-refractivity contribution in [3.63, 3.8) is 0 Å². The number of phenolic OH excluding ortho intramolecular Hbond substituents is 1. The number of carbonyl (C=O) groups excluding carboxylic acids is 1. The maximum absolute atomic E-state index is 12.7. The molecule has 0 spiro atoms. The van der Waals surface area contributed by atoms with Crippen molar-refractivity contribution < 1.29 is 14.6 Å². The quantitative estimate of drug-likeness (QED) is 0.678. The van der Waals surface area contributed by atoms with Gasteiger partial charge in [-0.2, -0.15) is 0 Å². The fraction of sp³-hybridized carbons (Fsp3) is 0.0588. The number of hydrogen-bond acceptors (Lipinski definition) is 5. The largest absolute Gasteiger partial charge is 0.507 e. The second kappa shape index (κ2) is 6.44. The Hall–Kier alpha value is -2.31. The second-order valence-electron chi connectivity index (χ2n) is 4.75. The van der Waals surface area contributed by atoms with Gasteiger partial charge in [0.05, 0.1) is 17.7 Å². The van der Waals surface area contributed by atoms with Crippen LogP contribution in [0.4, 0.5) is 5.69 Å². The Kier molecular flexibility index (Phi) is 4.36. The van der Waals surface area contributed by atoms with Gasteiger partial charge in [-0.3, -0.25) is 9.69 Å².